The maximum Gasteiger partial charge on any atom is 0.133 e. The summed E-state index contributed by atoms with van der Waals surface area (Å²) in [6.07, 6.45) is 0. The van der Waals surface area contributed by atoms with E-state index >= 15 is 0 Å². The van der Waals surface area contributed by atoms with E-state index < -0.39 is 0 Å². The fraction of sp³-hybridized carbons (Fsp3) is 0.444. The molecule has 0 fully saturated rings. The minimum Gasteiger partial charge on any atom is -0.497 e. The Labute approximate surface area is 77.5 Å². The fourth-order valence-corrected chi connectivity index (χ4v) is 1.11. The molecule has 0 saturated carbocycles. The van der Waals surface area contributed by atoms with Gasteiger partial charge in [0.05, 0.1) is 7.11 Å². The fourth-order valence-electron chi connectivity index (χ4n) is 0.906. The van der Waals surface area contributed by atoms with Crippen LogP contribution in [0.15, 0.2) is 12.1 Å². The molecule has 0 aliphatic heterocycles. The quantitative estimate of drug-likeness (QED) is 0.661. The Bertz CT molecular complexity index is 273. The van der Waals surface area contributed by atoms with E-state index in [1.54, 1.807) is 13.2 Å². The zero-order chi connectivity index (χ0) is 9.14. The Morgan fingerprint density at radius 3 is 2.58 bits per heavy atom. The number of hydrogen-bond acceptors (Lipinski definition) is 2. The molecule has 0 N–H and O–H groups in total. The highest BCUT2D eigenvalue weighted by Crippen LogP contribution is 2.21. The first-order valence-corrected chi connectivity index (χ1v) is 4.22. The average molecular weight is 186 g/mol. The molecule has 1 rings (SSSR count). The van der Waals surface area contributed by atoms with E-state index in [0.717, 1.165) is 11.4 Å². The second-order valence-electron chi connectivity index (χ2n) is 2.91. The molecule has 1 heterocycles. The molecule has 0 unspecified atom stereocenters. The van der Waals surface area contributed by atoms with Crippen molar-refractivity contribution in [3.05, 3.63) is 23.0 Å². The molecule has 0 aliphatic rings. The maximum absolute atomic E-state index is 5.78. The Morgan fingerprint density at radius 2 is 2.08 bits per heavy atom. The molecule has 0 aliphatic carbocycles. The van der Waals surface area contributed by atoms with Crippen molar-refractivity contribution in [2.45, 2.75) is 19.8 Å². The zero-order valence-corrected chi connectivity index (χ0v) is 8.22. The van der Waals surface area contributed by atoms with Gasteiger partial charge in [0.1, 0.15) is 10.9 Å². The third-order valence-electron chi connectivity index (χ3n) is 1.61. The van der Waals surface area contributed by atoms with Crippen LogP contribution in [0.4, 0.5) is 0 Å². The number of aromatic nitrogens is 1. The lowest BCUT2D eigenvalue weighted by atomic mass is 10.1. The summed E-state index contributed by atoms with van der Waals surface area (Å²) in [6.45, 7) is 4.14. The summed E-state index contributed by atoms with van der Waals surface area (Å²) in [4.78, 5) is 4.17. The van der Waals surface area contributed by atoms with Crippen molar-refractivity contribution in [2.75, 3.05) is 7.11 Å². The standard InChI is InChI=1S/C9H12ClNO/c1-6(2)8-4-7(12-3)5-9(10)11-8/h4-6H,1-3H3. The summed E-state index contributed by atoms with van der Waals surface area (Å²) in [5.74, 6) is 1.14. The lowest BCUT2D eigenvalue weighted by molar-refractivity contribution is 0.413. The van der Waals surface area contributed by atoms with Crippen molar-refractivity contribution in [3.8, 4) is 5.75 Å². The molecule has 0 spiro atoms. The average Bonchev–Trinajstić information content (AvgIpc) is 2.03. The summed E-state index contributed by atoms with van der Waals surface area (Å²) in [5.41, 5.74) is 0.958. The van der Waals surface area contributed by atoms with E-state index in [4.69, 9.17) is 16.3 Å². The molecule has 0 saturated heterocycles. The first-order valence-electron chi connectivity index (χ1n) is 3.85. The summed E-state index contributed by atoms with van der Waals surface area (Å²) >= 11 is 5.78. The van der Waals surface area contributed by atoms with Crippen LogP contribution in [0.5, 0.6) is 5.75 Å². The topological polar surface area (TPSA) is 22.1 Å². The molecule has 12 heavy (non-hydrogen) atoms. The van der Waals surface area contributed by atoms with Gasteiger partial charge in [-0.05, 0) is 5.92 Å². The minimum absolute atomic E-state index is 0.373. The Balaban J connectivity index is 3.06. The smallest absolute Gasteiger partial charge is 0.133 e. The van der Waals surface area contributed by atoms with Crippen LogP contribution in [0.1, 0.15) is 25.5 Å². The van der Waals surface area contributed by atoms with E-state index in [2.05, 4.69) is 18.8 Å². The van der Waals surface area contributed by atoms with Gasteiger partial charge in [-0.15, -0.1) is 0 Å². The van der Waals surface area contributed by atoms with Crippen molar-refractivity contribution < 1.29 is 4.74 Å². The lowest BCUT2D eigenvalue weighted by Gasteiger charge is -2.06. The van der Waals surface area contributed by atoms with E-state index in [1.807, 2.05) is 6.07 Å². The van der Waals surface area contributed by atoms with Crippen molar-refractivity contribution in [1.82, 2.24) is 4.98 Å². The Morgan fingerprint density at radius 1 is 1.42 bits per heavy atom. The van der Waals surface area contributed by atoms with Gasteiger partial charge in [-0.2, -0.15) is 0 Å². The predicted molar refractivity (Wildman–Crippen MR) is 49.9 cm³/mol. The largest absolute Gasteiger partial charge is 0.497 e. The number of rotatable bonds is 2. The third-order valence-corrected chi connectivity index (χ3v) is 1.81. The molecule has 0 aromatic carbocycles. The molecule has 1 aromatic rings. The summed E-state index contributed by atoms with van der Waals surface area (Å²) in [6, 6.07) is 3.60. The first-order chi connectivity index (χ1) is 5.63. The normalized spacial score (nSPS) is 10.4. The van der Waals surface area contributed by atoms with Gasteiger partial charge in [-0.3, -0.25) is 0 Å². The van der Waals surface area contributed by atoms with E-state index in [-0.39, 0.29) is 0 Å². The van der Waals surface area contributed by atoms with Crippen molar-refractivity contribution in [2.24, 2.45) is 0 Å². The maximum atomic E-state index is 5.78. The van der Waals surface area contributed by atoms with Gasteiger partial charge >= 0.3 is 0 Å². The van der Waals surface area contributed by atoms with Crippen LogP contribution in [-0.4, -0.2) is 12.1 Å². The van der Waals surface area contributed by atoms with Crippen LogP contribution < -0.4 is 4.74 Å². The van der Waals surface area contributed by atoms with Crippen LogP contribution in [0.3, 0.4) is 0 Å². The number of methoxy groups -OCH3 is 1. The van der Waals surface area contributed by atoms with Gasteiger partial charge in [0.2, 0.25) is 0 Å². The van der Waals surface area contributed by atoms with Gasteiger partial charge in [0.25, 0.3) is 0 Å². The molecule has 2 nitrogen and oxygen atoms in total. The number of ether oxygens (including phenoxy) is 1. The van der Waals surface area contributed by atoms with Crippen LogP contribution in [-0.2, 0) is 0 Å². The van der Waals surface area contributed by atoms with Crippen LogP contribution in [0, 0.1) is 0 Å². The van der Waals surface area contributed by atoms with Crippen molar-refractivity contribution >= 4 is 11.6 Å². The van der Waals surface area contributed by atoms with Gasteiger partial charge in [-0.25, -0.2) is 4.98 Å². The summed E-state index contributed by atoms with van der Waals surface area (Å²) < 4.78 is 5.06. The molecule has 0 radical (unpaired) electrons. The van der Waals surface area contributed by atoms with Crippen LogP contribution in [0.2, 0.25) is 5.15 Å². The molecule has 0 amide bonds. The highest BCUT2D eigenvalue weighted by atomic mass is 35.5. The number of nitrogens with zero attached hydrogens (tertiary/aromatic N) is 1. The van der Waals surface area contributed by atoms with Gasteiger partial charge in [-0.1, -0.05) is 25.4 Å². The predicted octanol–water partition coefficient (Wildman–Crippen LogP) is 2.87. The first kappa shape index (κ1) is 9.33. The Hall–Kier alpha value is -0.760. The molecule has 66 valence electrons. The van der Waals surface area contributed by atoms with Gasteiger partial charge in [0, 0.05) is 17.8 Å². The van der Waals surface area contributed by atoms with Gasteiger partial charge in [0.15, 0.2) is 0 Å². The van der Waals surface area contributed by atoms with E-state index in [1.165, 1.54) is 0 Å². The lowest BCUT2D eigenvalue weighted by Crippen LogP contribution is -1.94. The van der Waals surface area contributed by atoms with Crippen LogP contribution in [0.25, 0.3) is 0 Å². The third kappa shape index (κ3) is 2.11. The van der Waals surface area contributed by atoms with Crippen molar-refractivity contribution in [3.63, 3.8) is 0 Å². The second kappa shape index (κ2) is 3.76. The van der Waals surface area contributed by atoms with Crippen LogP contribution >= 0.6 is 11.6 Å². The molecular formula is C9H12ClNO. The van der Waals surface area contributed by atoms with E-state index in [9.17, 15) is 0 Å². The van der Waals surface area contributed by atoms with Crippen molar-refractivity contribution in [1.29, 1.82) is 0 Å². The minimum atomic E-state index is 0.373. The number of pyridine rings is 1. The SMILES string of the molecule is COc1cc(Cl)nc(C(C)C)c1. The molecule has 3 heteroatoms. The van der Waals surface area contributed by atoms with E-state index in [0.29, 0.717) is 11.1 Å². The highest BCUT2D eigenvalue weighted by Gasteiger charge is 2.04. The number of hydrogen-bond donors (Lipinski definition) is 0. The molecule has 1 aromatic heterocycles. The van der Waals surface area contributed by atoms with Gasteiger partial charge < -0.3 is 4.74 Å². The number of halogens is 1. The molecule has 0 bridgehead atoms. The molecule has 0 atom stereocenters. The Kier molecular flexibility index (Phi) is 2.93. The summed E-state index contributed by atoms with van der Waals surface area (Å²) in [7, 11) is 1.62. The molecular weight excluding hydrogens is 174 g/mol. The zero-order valence-electron chi connectivity index (χ0n) is 7.47. The second-order valence-corrected chi connectivity index (χ2v) is 3.30. The highest BCUT2D eigenvalue weighted by molar-refractivity contribution is 6.29. The summed E-state index contributed by atoms with van der Waals surface area (Å²) in [5, 5.41) is 0.484. The monoisotopic (exact) mass is 185 g/mol.